The predicted octanol–water partition coefficient (Wildman–Crippen LogP) is 3.45. The summed E-state index contributed by atoms with van der Waals surface area (Å²) in [6.07, 6.45) is 9.39. The minimum absolute atomic E-state index is 0. The number of hydrogen-bond acceptors (Lipinski definition) is 2. The fraction of sp³-hybridized carbons (Fsp3) is 0.526. The summed E-state index contributed by atoms with van der Waals surface area (Å²) in [4.78, 5) is 1.24. The first-order chi connectivity index (χ1) is 10.4. The van der Waals surface area contributed by atoms with Gasteiger partial charge in [-0.1, -0.05) is 73.9 Å². The van der Waals surface area contributed by atoms with Crippen LogP contribution in [-0.4, -0.2) is 17.3 Å². The molecule has 0 bridgehead atoms. The Morgan fingerprint density at radius 3 is 2.41 bits per heavy atom. The average molecular weight is 326 g/mol. The molecule has 1 aromatic rings. The SMILES string of the molecule is CCCC[C-]=C=C(SCCSCCCC)c1ccccc1.[Li+]. The molecule has 0 radical (unpaired) electrons. The Kier molecular flexibility index (Phi) is 15.9. The Morgan fingerprint density at radius 2 is 1.73 bits per heavy atom. The first kappa shape index (κ1) is 22.0. The molecule has 0 aromatic heterocycles. The second-order valence-corrected chi connectivity index (χ2v) is 7.24. The van der Waals surface area contributed by atoms with Gasteiger partial charge in [0.2, 0.25) is 0 Å². The van der Waals surface area contributed by atoms with E-state index in [0.717, 1.165) is 12.2 Å². The van der Waals surface area contributed by atoms with Crippen molar-refractivity contribution in [2.75, 3.05) is 17.3 Å². The van der Waals surface area contributed by atoms with E-state index in [0.29, 0.717) is 0 Å². The summed E-state index contributed by atoms with van der Waals surface area (Å²) in [5, 5.41) is 0. The molecule has 3 heteroatoms. The third-order valence-corrected chi connectivity index (χ3v) is 5.37. The zero-order valence-corrected chi connectivity index (χ0v) is 16.0. The van der Waals surface area contributed by atoms with Gasteiger partial charge in [-0.15, -0.1) is 6.42 Å². The van der Waals surface area contributed by atoms with E-state index in [2.05, 4.69) is 67.7 Å². The molecule has 0 nitrogen and oxygen atoms in total. The van der Waals surface area contributed by atoms with Crippen LogP contribution in [0.4, 0.5) is 0 Å². The third kappa shape index (κ3) is 10.7. The molecule has 0 atom stereocenters. The molecule has 0 amide bonds. The molecule has 0 unspecified atom stereocenters. The Labute approximate surface area is 157 Å². The van der Waals surface area contributed by atoms with E-state index in [9.17, 15) is 0 Å². The van der Waals surface area contributed by atoms with Crippen LogP contribution in [0, 0.1) is 6.08 Å². The number of hydrogen-bond donors (Lipinski definition) is 0. The molecule has 0 aliphatic rings. The minimum atomic E-state index is 0. The van der Waals surface area contributed by atoms with Gasteiger partial charge in [-0.3, -0.25) is 0 Å². The zero-order chi connectivity index (χ0) is 15.2. The molecule has 0 N–H and O–H groups in total. The van der Waals surface area contributed by atoms with Crippen LogP contribution in [0.2, 0.25) is 0 Å². The predicted molar refractivity (Wildman–Crippen MR) is 101 cm³/mol. The van der Waals surface area contributed by atoms with Crippen molar-refractivity contribution >= 4 is 28.4 Å². The molecule has 22 heavy (non-hydrogen) atoms. The Balaban J connectivity index is 0.00000441. The minimum Gasteiger partial charge on any atom is -0.317 e. The monoisotopic (exact) mass is 326 g/mol. The molecular formula is C19H27LiS2. The topological polar surface area (TPSA) is 0 Å². The number of unbranched alkanes of at least 4 members (excludes halogenated alkanes) is 3. The maximum absolute atomic E-state index is 3.39. The molecule has 0 fully saturated rings. The van der Waals surface area contributed by atoms with E-state index < -0.39 is 0 Å². The number of benzene rings is 1. The van der Waals surface area contributed by atoms with Crippen molar-refractivity contribution in [3.05, 3.63) is 47.7 Å². The van der Waals surface area contributed by atoms with Crippen LogP contribution >= 0.6 is 23.5 Å². The van der Waals surface area contributed by atoms with Gasteiger partial charge in [-0.05, 0) is 17.9 Å². The summed E-state index contributed by atoms with van der Waals surface area (Å²) in [6.45, 7) is 4.47. The van der Waals surface area contributed by atoms with Crippen LogP contribution in [0.5, 0.6) is 0 Å². The molecule has 0 heterocycles. The van der Waals surface area contributed by atoms with Gasteiger partial charge in [-0.2, -0.15) is 11.8 Å². The summed E-state index contributed by atoms with van der Waals surface area (Å²) in [6, 6.07) is 10.6. The molecule has 1 rings (SSSR count). The Hall–Kier alpha value is 0.0374. The van der Waals surface area contributed by atoms with Crippen LogP contribution in [0.15, 0.2) is 36.1 Å². The second kappa shape index (κ2) is 15.9. The standard InChI is InChI=1S/C19H27S2.Li/c1-3-5-7-11-14-19(18-12-9-8-10-13-18)21-17-16-20-15-6-4-2;/h8-10,12-13H,3-7,15-17H2,1-2H3;/q-1;+1. The quantitative estimate of drug-likeness (QED) is 0.264. The summed E-state index contributed by atoms with van der Waals surface area (Å²) < 4.78 is 0. The van der Waals surface area contributed by atoms with Crippen molar-refractivity contribution in [3.63, 3.8) is 0 Å². The fourth-order valence-corrected chi connectivity index (χ4v) is 3.89. The van der Waals surface area contributed by atoms with Gasteiger partial charge in [0.15, 0.2) is 0 Å². The molecule has 0 aliphatic carbocycles. The smallest absolute Gasteiger partial charge is 0.317 e. The summed E-state index contributed by atoms with van der Waals surface area (Å²) in [5.41, 5.74) is 4.66. The van der Waals surface area contributed by atoms with Crippen molar-refractivity contribution < 1.29 is 18.9 Å². The van der Waals surface area contributed by atoms with Gasteiger partial charge < -0.3 is 5.73 Å². The van der Waals surface area contributed by atoms with E-state index in [-0.39, 0.29) is 18.9 Å². The van der Waals surface area contributed by atoms with E-state index in [4.69, 9.17) is 0 Å². The van der Waals surface area contributed by atoms with E-state index >= 15 is 0 Å². The van der Waals surface area contributed by atoms with Crippen molar-refractivity contribution in [1.82, 2.24) is 0 Å². The number of rotatable bonds is 11. The molecule has 116 valence electrons. The fourth-order valence-electron chi connectivity index (χ4n) is 1.74. The van der Waals surface area contributed by atoms with Crippen LogP contribution in [-0.2, 0) is 0 Å². The molecule has 0 aliphatic heterocycles. The molecule has 0 saturated heterocycles. The van der Waals surface area contributed by atoms with Crippen LogP contribution in [0.25, 0.3) is 4.91 Å². The van der Waals surface area contributed by atoms with Gasteiger partial charge in [0.1, 0.15) is 0 Å². The van der Waals surface area contributed by atoms with Crippen molar-refractivity contribution in [3.8, 4) is 0 Å². The van der Waals surface area contributed by atoms with Gasteiger partial charge >= 0.3 is 18.9 Å². The number of allylic oxidation sites excluding steroid dienone is 1. The van der Waals surface area contributed by atoms with E-state index in [1.54, 1.807) is 0 Å². The summed E-state index contributed by atoms with van der Waals surface area (Å²) >= 11 is 3.98. The van der Waals surface area contributed by atoms with Gasteiger partial charge in [-0.25, -0.2) is 17.8 Å². The van der Waals surface area contributed by atoms with Crippen molar-refractivity contribution in [1.29, 1.82) is 0 Å². The molecule has 1 aromatic carbocycles. The van der Waals surface area contributed by atoms with Crippen LogP contribution in [0.1, 0.15) is 51.5 Å². The maximum atomic E-state index is 3.39. The normalized spacial score (nSPS) is 9.73. The molecule has 0 saturated carbocycles. The van der Waals surface area contributed by atoms with Gasteiger partial charge in [0, 0.05) is 5.75 Å². The Bertz CT molecular complexity index is 422. The van der Waals surface area contributed by atoms with Crippen LogP contribution < -0.4 is 18.9 Å². The maximum Gasteiger partial charge on any atom is 1.00 e. The number of thioether (sulfide) groups is 2. The van der Waals surface area contributed by atoms with Crippen molar-refractivity contribution in [2.45, 2.75) is 46.0 Å². The summed E-state index contributed by atoms with van der Waals surface area (Å²) in [5.74, 6) is 3.67. The average Bonchev–Trinajstić information content (AvgIpc) is 2.53. The van der Waals surface area contributed by atoms with Gasteiger partial charge in [0.05, 0.1) is 0 Å². The Morgan fingerprint density at radius 1 is 1.00 bits per heavy atom. The molecule has 0 spiro atoms. The van der Waals surface area contributed by atoms with Crippen LogP contribution in [0.3, 0.4) is 0 Å². The van der Waals surface area contributed by atoms with E-state index in [1.807, 2.05) is 11.8 Å². The first-order valence-corrected chi connectivity index (χ1v) is 10.1. The molecular weight excluding hydrogens is 299 g/mol. The van der Waals surface area contributed by atoms with Crippen molar-refractivity contribution in [2.24, 2.45) is 0 Å². The largest absolute Gasteiger partial charge is 1.00 e. The van der Waals surface area contributed by atoms with Gasteiger partial charge in [0.25, 0.3) is 0 Å². The first-order valence-electron chi connectivity index (χ1n) is 8.00. The zero-order valence-electron chi connectivity index (χ0n) is 14.4. The third-order valence-electron chi connectivity index (χ3n) is 3.01. The second-order valence-electron chi connectivity index (χ2n) is 4.91. The van der Waals surface area contributed by atoms with E-state index in [1.165, 1.54) is 47.7 Å². The summed E-state index contributed by atoms with van der Waals surface area (Å²) in [7, 11) is 0.